The largest absolute Gasteiger partial charge is 0.358 e. The number of hydrogen-bond acceptors (Lipinski definition) is 4. The number of rotatable bonds is 6. The number of para-hydroxylation sites is 1. The molecule has 37 heavy (non-hydrogen) atoms. The summed E-state index contributed by atoms with van der Waals surface area (Å²) in [6.07, 6.45) is 3.65. The molecule has 8 nitrogen and oxygen atoms in total. The van der Waals surface area contributed by atoms with E-state index in [0.717, 1.165) is 27.7 Å². The first kappa shape index (κ1) is 24.2. The molecule has 188 valence electrons. The molecule has 5 rings (SSSR count). The van der Waals surface area contributed by atoms with Crippen LogP contribution in [-0.4, -0.2) is 38.6 Å². The summed E-state index contributed by atoms with van der Waals surface area (Å²) in [5.41, 5.74) is 9.70. The first-order valence-electron chi connectivity index (χ1n) is 12.4. The van der Waals surface area contributed by atoms with E-state index in [2.05, 4.69) is 20.8 Å². The number of H-pyrrole nitrogens is 1. The van der Waals surface area contributed by atoms with Gasteiger partial charge in [0, 0.05) is 40.1 Å². The lowest BCUT2D eigenvalue weighted by molar-refractivity contribution is -0.128. The SMILES string of the molecule is CCC(C)C(C(=O)NNC(=O)c1cccnc1)N1C(=O)c2ccccc2C1c1c(C)[nH]c2ccccc12. The lowest BCUT2D eigenvalue weighted by atomic mass is 9.91. The van der Waals surface area contributed by atoms with Crippen molar-refractivity contribution in [2.45, 2.75) is 39.3 Å². The number of amides is 3. The summed E-state index contributed by atoms with van der Waals surface area (Å²) >= 11 is 0. The normalized spacial score (nSPS) is 16.4. The number of carbonyl (C=O) groups is 3. The highest BCUT2D eigenvalue weighted by atomic mass is 16.2. The summed E-state index contributed by atoms with van der Waals surface area (Å²) < 4.78 is 0. The molecule has 2 aromatic carbocycles. The average molecular weight is 496 g/mol. The highest BCUT2D eigenvalue weighted by Gasteiger charge is 2.46. The highest BCUT2D eigenvalue weighted by Crippen LogP contribution is 2.44. The van der Waals surface area contributed by atoms with Gasteiger partial charge in [-0.1, -0.05) is 56.7 Å². The van der Waals surface area contributed by atoms with Crippen LogP contribution in [0.1, 0.15) is 63.8 Å². The zero-order valence-electron chi connectivity index (χ0n) is 21.0. The molecular formula is C29H29N5O3. The molecule has 2 aromatic heterocycles. The molecule has 0 saturated carbocycles. The molecule has 0 bridgehead atoms. The molecule has 4 aromatic rings. The van der Waals surface area contributed by atoms with Crippen molar-refractivity contribution in [2.75, 3.05) is 0 Å². The van der Waals surface area contributed by atoms with Crippen molar-refractivity contribution in [3.8, 4) is 0 Å². The van der Waals surface area contributed by atoms with E-state index >= 15 is 0 Å². The van der Waals surface area contributed by atoms with E-state index in [0.29, 0.717) is 17.5 Å². The summed E-state index contributed by atoms with van der Waals surface area (Å²) in [6, 6.07) is 17.5. The molecule has 0 aliphatic carbocycles. The molecule has 0 radical (unpaired) electrons. The summed E-state index contributed by atoms with van der Waals surface area (Å²) in [7, 11) is 0. The maximum Gasteiger partial charge on any atom is 0.271 e. The second-order valence-corrected chi connectivity index (χ2v) is 9.43. The number of aromatic amines is 1. The fraction of sp³-hybridized carbons (Fsp3) is 0.241. The predicted octanol–water partition coefficient (Wildman–Crippen LogP) is 4.29. The number of nitrogens with zero attached hydrogens (tertiary/aromatic N) is 2. The quantitative estimate of drug-likeness (QED) is 0.347. The van der Waals surface area contributed by atoms with Gasteiger partial charge in [0.1, 0.15) is 6.04 Å². The third-order valence-corrected chi connectivity index (χ3v) is 7.19. The summed E-state index contributed by atoms with van der Waals surface area (Å²) in [5, 5.41) is 1.01. The Labute approximate surface area is 215 Å². The molecule has 0 saturated heterocycles. The maximum atomic E-state index is 13.9. The minimum atomic E-state index is -0.822. The Bertz CT molecular complexity index is 1480. The Hall–Kier alpha value is -4.46. The standard InChI is InChI=1S/C29H29N5O3/c1-4-17(2)25(28(36)33-32-27(35)19-10-9-15-30-16-19)34-26(20-11-5-6-12-21(20)29(34)37)24-18(3)31-23-14-8-7-13-22(23)24/h5-17,25-26,31H,4H2,1-3H3,(H,32,35)(H,33,36). The zero-order chi connectivity index (χ0) is 26.1. The van der Waals surface area contributed by atoms with Crippen LogP contribution >= 0.6 is 0 Å². The fourth-order valence-corrected chi connectivity index (χ4v) is 5.21. The Morgan fingerprint density at radius 3 is 2.57 bits per heavy atom. The van der Waals surface area contributed by atoms with E-state index in [1.165, 1.54) is 6.20 Å². The van der Waals surface area contributed by atoms with Crippen molar-refractivity contribution in [3.63, 3.8) is 0 Å². The Morgan fingerprint density at radius 2 is 1.81 bits per heavy atom. The van der Waals surface area contributed by atoms with Crippen LogP contribution in [0, 0.1) is 12.8 Å². The minimum absolute atomic E-state index is 0.179. The van der Waals surface area contributed by atoms with E-state index in [9.17, 15) is 14.4 Å². The van der Waals surface area contributed by atoms with E-state index in [4.69, 9.17) is 0 Å². The molecular weight excluding hydrogens is 466 g/mol. The van der Waals surface area contributed by atoms with Crippen LogP contribution in [-0.2, 0) is 4.79 Å². The molecule has 3 atom stereocenters. The molecule has 0 fully saturated rings. The maximum absolute atomic E-state index is 13.9. The molecule has 3 heterocycles. The van der Waals surface area contributed by atoms with Crippen molar-refractivity contribution >= 4 is 28.6 Å². The minimum Gasteiger partial charge on any atom is -0.358 e. The van der Waals surface area contributed by atoms with Crippen molar-refractivity contribution in [1.82, 2.24) is 25.7 Å². The molecule has 1 aliphatic rings. The molecule has 0 spiro atoms. The topological polar surface area (TPSA) is 107 Å². The van der Waals surface area contributed by atoms with E-state index in [1.54, 1.807) is 23.2 Å². The van der Waals surface area contributed by atoms with Gasteiger partial charge in [-0.05, 0) is 42.7 Å². The fourth-order valence-electron chi connectivity index (χ4n) is 5.21. The first-order chi connectivity index (χ1) is 17.9. The van der Waals surface area contributed by atoms with Crippen molar-refractivity contribution in [2.24, 2.45) is 5.92 Å². The van der Waals surface area contributed by atoms with Crippen LogP contribution in [0.15, 0.2) is 73.1 Å². The van der Waals surface area contributed by atoms with Gasteiger partial charge in [-0.15, -0.1) is 0 Å². The smallest absolute Gasteiger partial charge is 0.271 e. The number of aryl methyl sites for hydroxylation is 1. The zero-order valence-corrected chi connectivity index (χ0v) is 21.0. The Balaban J connectivity index is 1.56. The molecule has 3 amide bonds. The third kappa shape index (κ3) is 4.24. The summed E-state index contributed by atoms with van der Waals surface area (Å²) in [6.45, 7) is 5.92. The number of hydrogen-bond donors (Lipinski definition) is 3. The number of carbonyl (C=O) groups excluding carboxylic acids is 3. The molecule has 3 N–H and O–H groups in total. The lowest BCUT2D eigenvalue weighted by Gasteiger charge is -2.36. The van der Waals surface area contributed by atoms with Crippen LogP contribution < -0.4 is 10.9 Å². The Morgan fingerprint density at radius 1 is 1.05 bits per heavy atom. The van der Waals surface area contributed by atoms with Crippen molar-refractivity contribution in [1.29, 1.82) is 0 Å². The summed E-state index contributed by atoms with van der Waals surface area (Å²) in [5.74, 6) is -1.31. The van der Waals surface area contributed by atoms with E-state index in [1.807, 2.05) is 69.3 Å². The second-order valence-electron chi connectivity index (χ2n) is 9.43. The van der Waals surface area contributed by atoms with Gasteiger partial charge in [-0.2, -0.15) is 0 Å². The molecule has 1 aliphatic heterocycles. The first-order valence-corrected chi connectivity index (χ1v) is 12.4. The third-order valence-electron chi connectivity index (χ3n) is 7.19. The number of pyridine rings is 1. The van der Waals surface area contributed by atoms with Gasteiger partial charge < -0.3 is 9.88 Å². The van der Waals surface area contributed by atoms with Crippen LogP contribution in [0.3, 0.4) is 0 Å². The van der Waals surface area contributed by atoms with Gasteiger partial charge in [0.25, 0.3) is 17.7 Å². The number of nitrogens with one attached hydrogen (secondary N) is 3. The van der Waals surface area contributed by atoms with Crippen LogP contribution in [0.25, 0.3) is 10.9 Å². The average Bonchev–Trinajstić information content (AvgIpc) is 3.40. The van der Waals surface area contributed by atoms with Gasteiger partial charge in [-0.25, -0.2) is 0 Å². The van der Waals surface area contributed by atoms with E-state index < -0.39 is 23.9 Å². The van der Waals surface area contributed by atoms with Crippen LogP contribution in [0.2, 0.25) is 0 Å². The van der Waals surface area contributed by atoms with Crippen LogP contribution in [0.5, 0.6) is 0 Å². The predicted molar refractivity (Wildman–Crippen MR) is 141 cm³/mol. The van der Waals surface area contributed by atoms with Crippen molar-refractivity contribution in [3.05, 3.63) is 101 Å². The second kappa shape index (κ2) is 9.89. The van der Waals surface area contributed by atoms with Crippen molar-refractivity contribution < 1.29 is 14.4 Å². The number of aromatic nitrogens is 2. The highest BCUT2D eigenvalue weighted by molar-refractivity contribution is 6.04. The van der Waals surface area contributed by atoms with Gasteiger partial charge in [0.05, 0.1) is 11.6 Å². The van der Waals surface area contributed by atoms with Crippen LogP contribution in [0.4, 0.5) is 0 Å². The molecule has 3 unspecified atom stereocenters. The Kier molecular flexibility index (Phi) is 6.48. The number of benzene rings is 2. The van der Waals surface area contributed by atoms with E-state index in [-0.39, 0.29) is 11.8 Å². The molecule has 8 heteroatoms. The number of hydrazine groups is 1. The summed E-state index contributed by atoms with van der Waals surface area (Å²) in [4.78, 5) is 49.2. The van der Waals surface area contributed by atoms with Gasteiger partial charge in [0.2, 0.25) is 0 Å². The van der Waals surface area contributed by atoms with Gasteiger partial charge in [0.15, 0.2) is 0 Å². The van der Waals surface area contributed by atoms with Gasteiger partial charge >= 0.3 is 0 Å². The van der Waals surface area contributed by atoms with Gasteiger partial charge in [-0.3, -0.25) is 30.2 Å². The monoisotopic (exact) mass is 495 g/mol. The number of fused-ring (bicyclic) bond motifs is 2. The lowest BCUT2D eigenvalue weighted by Crippen LogP contribution is -2.55.